The van der Waals surface area contributed by atoms with Crippen LogP contribution in [0.1, 0.15) is 16.8 Å². The Morgan fingerprint density at radius 1 is 0.833 bits per heavy atom. The van der Waals surface area contributed by atoms with Crippen LogP contribution in [-0.2, 0) is 14.3 Å². The Morgan fingerprint density at radius 3 is 2.10 bits per heavy atom. The second kappa shape index (κ2) is 8.74. The molecule has 30 heavy (non-hydrogen) atoms. The molecule has 5 heteroatoms. The molecule has 0 aromatic heterocycles. The van der Waals surface area contributed by atoms with Crippen molar-refractivity contribution < 1.29 is 19.1 Å². The first-order valence-electron chi connectivity index (χ1n) is 9.82. The summed E-state index contributed by atoms with van der Waals surface area (Å²) >= 11 is 0. The Balaban J connectivity index is 1.33. The van der Waals surface area contributed by atoms with Gasteiger partial charge in [-0.15, -0.1) is 0 Å². The van der Waals surface area contributed by atoms with Gasteiger partial charge in [0, 0.05) is 24.2 Å². The van der Waals surface area contributed by atoms with Crippen LogP contribution in [0.25, 0.3) is 11.1 Å². The maximum Gasteiger partial charge on any atom is 0.311 e. The Labute approximate surface area is 174 Å². The molecule has 0 unspecified atom stereocenters. The average Bonchev–Trinajstić information content (AvgIpc) is 3.20. The zero-order valence-electron chi connectivity index (χ0n) is 16.4. The molecular weight excluding hydrogens is 378 g/mol. The molecule has 3 aromatic carbocycles. The summed E-state index contributed by atoms with van der Waals surface area (Å²) in [6, 6.07) is 26.3. The summed E-state index contributed by atoms with van der Waals surface area (Å²) in [7, 11) is 0. The summed E-state index contributed by atoms with van der Waals surface area (Å²) in [6.45, 7) is -0.0683. The van der Waals surface area contributed by atoms with E-state index >= 15 is 0 Å². The lowest BCUT2D eigenvalue weighted by Gasteiger charge is -2.16. The lowest BCUT2D eigenvalue weighted by atomic mass is 10.0. The molecule has 3 aromatic rings. The zero-order chi connectivity index (χ0) is 20.9. The quantitative estimate of drug-likeness (QED) is 0.462. The van der Waals surface area contributed by atoms with Crippen LogP contribution in [0.3, 0.4) is 0 Å². The lowest BCUT2D eigenvalue weighted by Crippen LogP contribution is -2.27. The third-order valence-corrected chi connectivity index (χ3v) is 5.19. The second-order valence-electron chi connectivity index (χ2n) is 7.22. The first kappa shape index (κ1) is 19.6. The fourth-order valence-electron chi connectivity index (χ4n) is 3.54. The molecule has 1 aliphatic rings. The number of carbonyl (C=O) groups excluding carboxylic acids is 3. The van der Waals surface area contributed by atoms with Crippen molar-refractivity contribution in [2.45, 2.75) is 6.42 Å². The highest BCUT2D eigenvalue weighted by Gasteiger charge is 2.36. The van der Waals surface area contributed by atoms with Crippen LogP contribution in [0.4, 0.5) is 5.69 Å². The molecule has 0 radical (unpaired) electrons. The van der Waals surface area contributed by atoms with E-state index in [1.165, 1.54) is 0 Å². The van der Waals surface area contributed by atoms with Crippen molar-refractivity contribution in [3.8, 4) is 11.1 Å². The molecule has 150 valence electrons. The van der Waals surface area contributed by atoms with Gasteiger partial charge in [0.25, 0.3) is 0 Å². The Bertz CT molecular complexity index is 1050. The predicted octanol–water partition coefficient (Wildman–Crippen LogP) is 4.13. The number of amides is 1. The number of anilines is 1. The smallest absolute Gasteiger partial charge is 0.311 e. The van der Waals surface area contributed by atoms with E-state index in [9.17, 15) is 14.4 Å². The van der Waals surface area contributed by atoms with Crippen molar-refractivity contribution in [2.75, 3.05) is 18.1 Å². The van der Waals surface area contributed by atoms with E-state index in [0.29, 0.717) is 5.56 Å². The normalized spacial score (nSPS) is 15.8. The lowest BCUT2D eigenvalue weighted by molar-refractivity contribution is -0.147. The predicted molar refractivity (Wildman–Crippen MR) is 114 cm³/mol. The minimum absolute atomic E-state index is 0.0910. The summed E-state index contributed by atoms with van der Waals surface area (Å²) in [4.78, 5) is 38.6. The molecule has 1 aliphatic heterocycles. The average molecular weight is 399 g/mol. The van der Waals surface area contributed by atoms with Gasteiger partial charge in [-0.2, -0.15) is 0 Å². The van der Waals surface area contributed by atoms with Crippen molar-refractivity contribution in [1.82, 2.24) is 0 Å². The van der Waals surface area contributed by atoms with Gasteiger partial charge >= 0.3 is 5.97 Å². The van der Waals surface area contributed by atoms with E-state index in [2.05, 4.69) is 0 Å². The molecule has 1 atom stereocenters. The van der Waals surface area contributed by atoms with Crippen molar-refractivity contribution in [3.63, 3.8) is 0 Å². The Hall–Kier alpha value is -3.73. The van der Waals surface area contributed by atoms with Gasteiger partial charge in [0.1, 0.15) is 0 Å². The van der Waals surface area contributed by atoms with Crippen molar-refractivity contribution >= 4 is 23.3 Å². The molecule has 5 nitrogen and oxygen atoms in total. The van der Waals surface area contributed by atoms with Crippen LogP contribution < -0.4 is 4.90 Å². The maximum atomic E-state index is 12.4. The van der Waals surface area contributed by atoms with Crippen LogP contribution in [0.5, 0.6) is 0 Å². The molecule has 1 heterocycles. The second-order valence-corrected chi connectivity index (χ2v) is 7.22. The van der Waals surface area contributed by atoms with E-state index in [-0.39, 0.29) is 31.3 Å². The van der Waals surface area contributed by atoms with Gasteiger partial charge in [-0.05, 0) is 23.3 Å². The fraction of sp³-hybridized carbons (Fsp3) is 0.160. The number of para-hydroxylation sites is 1. The standard InChI is InChI=1S/C25H21NO4/c27-23(20-13-11-19(12-14-20)18-7-3-1-4-8-18)17-30-25(29)21-15-24(28)26(16-21)22-9-5-2-6-10-22/h1-14,21H,15-17H2/t21-/m1/s1. The Morgan fingerprint density at radius 2 is 1.43 bits per heavy atom. The molecule has 0 spiro atoms. The molecule has 1 saturated heterocycles. The molecule has 0 bridgehead atoms. The maximum absolute atomic E-state index is 12.4. The minimum atomic E-state index is -0.564. The van der Waals surface area contributed by atoms with Crippen molar-refractivity contribution in [3.05, 3.63) is 90.5 Å². The third kappa shape index (κ3) is 4.30. The molecule has 1 amide bonds. The van der Waals surface area contributed by atoms with E-state index in [1.807, 2.05) is 72.8 Å². The van der Waals surface area contributed by atoms with Gasteiger partial charge in [0.15, 0.2) is 12.4 Å². The van der Waals surface area contributed by atoms with Gasteiger partial charge in [0.05, 0.1) is 5.92 Å². The highest BCUT2D eigenvalue weighted by atomic mass is 16.5. The highest BCUT2D eigenvalue weighted by Crippen LogP contribution is 2.25. The molecule has 0 saturated carbocycles. The number of hydrogen-bond acceptors (Lipinski definition) is 4. The molecule has 1 fully saturated rings. The van der Waals surface area contributed by atoms with E-state index in [1.54, 1.807) is 17.0 Å². The number of esters is 1. The van der Waals surface area contributed by atoms with E-state index in [0.717, 1.165) is 16.8 Å². The van der Waals surface area contributed by atoms with E-state index in [4.69, 9.17) is 4.74 Å². The number of Topliss-reactive ketones (excluding diaryl/α,β-unsaturated/α-hetero) is 1. The number of ether oxygens (including phenoxy) is 1. The highest BCUT2D eigenvalue weighted by molar-refractivity contribution is 6.01. The van der Waals surface area contributed by atoms with Crippen LogP contribution >= 0.6 is 0 Å². The fourth-order valence-corrected chi connectivity index (χ4v) is 3.54. The van der Waals surface area contributed by atoms with Gasteiger partial charge < -0.3 is 9.64 Å². The topological polar surface area (TPSA) is 63.7 Å². The largest absolute Gasteiger partial charge is 0.457 e. The molecular formula is C25H21NO4. The van der Waals surface area contributed by atoms with Gasteiger partial charge in [-0.1, -0.05) is 72.8 Å². The van der Waals surface area contributed by atoms with Crippen LogP contribution in [0, 0.1) is 5.92 Å². The first-order valence-corrected chi connectivity index (χ1v) is 9.82. The SMILES string of the molecule is O=C(COC(=O)[C@@H]1CC(=O)N(c2ccccc2)C1)c1ccc(-c2ccccc2)cc1. The summed E-state index contributed by atoms with van der Waals surface area (Å²) in [5.41, 5.74) is 3.31. The zero-order valence-corrected chi connectivity index (χ0v) is 16.4. The summed E-state index contributed by atoms with van der Waals surface area (Å²) in [6.07, 6.45) is 0.0910. The van der Waals surface area contributed by atoms with Gasteiger partial charge in [0.2, 0.25) is 5.91 Å². The number of benzene rings is 3. The van der Waals surface area contributed by atoms with E-state index < -0.39 is 11.9 Å². The first-order chi connectivity index (χ1) is 14.6. The molecule has 0 aliphatic carbocycles. The molecule has 4 rings (SSSR count). The number of carbonyl (C=O) groups is 3. The number of ketones is 1. The van der Waals surface area contributed by atoms with Crippen molar-refractivity contribution in [2.24, 2.45) is 5.92 Å². The number of nitrogens with zero attached hydrogens (tertiary/aromatic N) is 1. The third-order valence-electron chi connectivity index (χ3n) is 5.19. The minimum Gasteiger partial charge on any atom is -0.457 e. The van der Waals surface area contributed by atoms with Gasteiger partial charge in [-0.25, -0.2) is 0 Å². The summed E-state index contributed by atoms with van der Waals surface area (Å²) in [5, 5.41) is 0. The van der Waals surface area contributed by atoms with Crippen LogP contribution in [-0.4, -0.2) is 30.8 Å². The summed E-state index contributed by atoms with van der Waals surface area (Å²) in [5.74, 6) is -1.47. The van der Waals surface area contributed by atoms with Crippen molar-refractivity contribution in [1.29, 1.82) is 0 Å². The number of rotatable bonds is 6. The number of hydrogen-bond donors (Lipinski definition) is 0. The summed E-state index contributed by atoms with van der Waals surface area (Å²) < 4.78 is 5.22. The van der Waals surface area contributed by atoms with Gasteiger partial charge in [-0.3, -0.25) is 14.4 Å². The molecule has 0 N–H and O–H groups in total. The van der Waals surface area contributed by atoms with Crippen LogP contribution in [0.15, 0.2) is 84.9 Å². The monoisotopic (exact) mass is 399 g/mol. The van der Waals surface area contributed by atoms with Crippen LogP contribution in [0.2, 0.25) is 0 Å². The Kier molecular flexibility index (Phi) is 5.70.